The number of carbonyl (C=O) groups excluding carboxylic acids is 2. The third-order valence-electron chi connectivity index (χ3n) is 5.91. The molecule has 3 rings (SSSR count). The predicted molar refractivity (Wildman–Crippen MR) is 141 cm³/mol. The Labute approximate surface area is 212 Å². The van der Waals surface area contributed by atoms with E-state index in [1.54, 1.807) is 47.4 Å². The fraction of sp³-hybridized carbons (Fsp3) is 0.310. The summed E-state index contributed by atoms with van der Waals surface area (Å²) in [6.07, 6.45) is 3.99. The molecule has 0 aromatic heterocycles. The molecule has 0 radical (unpaired) electrons. The highest BCUT2D eigenvalue weighted by atomic mass is 16.5. The number of hydrogen-bond donors (Lipinski definition) is 1. The van der Waals surface area contributed by atoms with Crippen LogP contribution in [0.5, 0.6) is 11.5 Å². The average Bonchev–Trinajstić information content (AvgIpc) is 3.11. The van der Waals surface area contributed by atoms with Crippen LogP contribution < -0.4 is 9.47 Å². The van der Waals surface area contributed by atoms with Gasteiger partial charge in [-0.2, -0.15) is 0 Å². The van der Waals surface area contributed by atoms with Gasteiger partial charge in [0.25, 0.3) is 11.7 Å². The second-order valence-electron chi connectivity index (χ2n) is 8.90. The Balaban J connectivity index is 2.04. The molecule has 1 saturated heterocycles. The first-order valence-corrected chi connectivity index (χ1v) is 11.9. The summed E-state index contributed by atoms with van der Waals surface area (Å²) >= 11 is 0. The highest BCUT2D eigenvalue weighted by Gasteiger charge is 2.45. The van der Waals surface area contributed by atoms with E-state index in [9.17, 15) is 14.7 Å². The second kappa shape index (κ2) is 12.2. The van der Waals surface area contributed by atoms with Crippen molar-refractivity contribution in [2.75, 3.05) is 40.4 Å². The summed E-state index contributed by atoms with van der Waals surface area (Å²) in [6, 6.07) is 11.7. The predicted octanol–water partition coefficient (Wildman–Crippen LogP) is 4.50. The Morgan fingerprint density at radius 1 is 1.06 bits per heavy atom. The van der Waals surface area contributed by atoms with Crippen LogP contribution in [-0.4, -0.2) is 67.0 Å². The van der Waals surface area contributed by atoms with Crippen molar-refractivity contribution in [3.05, 3.63) is 90.0 Å². The lowest BCUT2D eigenvalue weighted by Crippen LogP contribution is -2.32. The maximum Gasteiger partial charge on any atom is 0.295 e. The summed E-state index contributed by atoms with van der Waals surface area (Å²) in [5.74, 6) is -0.219. The molecule has 190 valence electrons. The molecule has 0 saturated carbocycles. The average molecular weight is 491 g/mol. The van der Waals surface area contributed by atoms with E-state index in [1.165, 1.54) is 0 Å². The van der Waals surface area contributed by atoms with Crippen LogP contribution in [0.4, 0.5) is 0 Å². The lowest BCUT2D eigenvalue weighted by atomic mass is 9.94. The lowest BCUT2D eigenvalue weighted by molar-refractivity contribution is -0.139. The molecule has 1 amide bonds. The van der Waals surface area contributed by atoms with Gasteiger partial charge < -0.3 is 24.4 Å². The van der Waals surface area contributed by atoms with E-state index < -0.39 is 17.7 Å². The first-order valence-electron chi connectivity index (χ1n) is 11.9. The van der Waals surface area contributed by atoms with Crippen LogP contribution in [0.3, 0.4) is 0 Å². The van der Waals surface area contributed by atoms with Gasteiger partial charge in [0.1, 0.15) is 30.5 Å². The second-order valence-corrected chi connectivity index (χ2v) is 8.90. The monoisotopic (exact) mass is 490 g/mol. The number of aliphatic hydroxyl groups excluding tert-OH is 1. The molecule has 0 bridgehead atoms. The Morgan fingerprint density at radius 3 is 2.33 bits per heavy atom. The van der Waals surface area contributed by atoms with Crippen LogP contribution in [0.25, 0.3) is 5.76 Å². The largest absolute Gasteiger partial charge is 0.507 e. The first kappa shape index (κ1) is 26.8. The van der Waals surface area contributed by atoms with Gasteiger partial charge in [0.2, 0.25) is 0 Å². The van der Waals surface area contributed by atoms with E-state index in [4.69, 9.17) is 9.47 Å². The highest BCUT2D eigenvalue weighted by molar-refractivity contribution is 6.46. The fourth-order valence-corrected chi connectivity index (χ4v) is 4.18. The van der Waals surface area contributed by atoms with Crippen LogP contribution in [0.2, 0.25) is 0 Å². The molecule has 1 aliphatic heterocycles. The van der Waals surface area contributed by atoms with E-state index in [-0.39, 0.29) is 11.3 Å². The molecule has 7 nitrogen and oxygen atoms in total. The molecule has 1 unspecified atom stereocenters. The maximum atomic E-state index is 13.2. The number of hydrogen-bond acceptors (Lipinski definition) is 6. The number of ether oxygens (including phenoxy) is 2. The molecule has 1 aliphatic rings. The van der Waals surface area contributed by atoms with Crippen molar-refractivity contribution in [3.8, 4) is 11.5 Å². The van der Waals surface area contributed by atoms with Gasteiger partial charge in [-0.1, -0.05) is 37.4 Å². The van der Waals surface area contributed by atoms with Gasteiger partial charge in [0.15, 0.2) is 0 Å². The van der Waals surface area contributed by atoms with E-state index in [0.29, 0.717) is 48.8 Å². The highest BCUT2D eigenvalue weighted by Crippen LogP contribution is 2.40. The van der Waals surface area contributed by atoms with E-state index in [2.05, 4.69) is 13.2 Å². The number of likely N-dealkylation sites (tertiary alicyclic amines) is 1. The van der Waals surface area contributed by atoms with Gasteiger partial charge in [-0.3, -0.25) is 9.59 Å². The first-order chi connectivity index (χ1) is 17.3. The molecular weight excluding hydrogens is 456 g/mol. The van der Waals surface area contributed by atoms with Crippen molar-refractivity contribution < 1.29 is 24.2 Å². The van der Waals surface area contributed by atoms with Crippen LogP contribution in [0.1, 0.15) is 29.2 Å². The SMILES string of the molecule is C=CCOc1ccc(C2/C(=C(\O)c3ccc(OCC=C)c(C)c3)C(=O)C(=O)N2CCCN(C)C)cc1. The van der Waals surface area contributed by atoms with Crippen molar-refractivity contribution in [1.29, 1.82) is 0 Å². The zero-order valence-electron chi connectivity index (χ0n) is 21.2. The number of carbonyl (C=O) groups is 2. The minimum absolute atomic E-state index is 0.0729. The number of aliphatic hydroxyl groups is 1. The number of amides is 1. The molecule has 1 N–H and O–H groups in total. The number of aryl methyl sites for hydroxylation is 1. The molecule has 7 heteroatoms. The molecule has 36 heavy (non-hydrogen) atoms. The van der Waals surface area contributed by atoms with E-state index in [0.717, 1.165) is 12.1 Å². The lowest BCUT2D eigenvalue weighted by Gasteiger charge is -2.26. The van der Waals surface area contributed by atoms with Crippen LogP contribution in [-0.2, 0) is 9.59 Å². The summed E-state index contributed by atoms with van der Waals surface area (Å²) < 4.78 is 11.2. The number of Topliss-reactive ketones (excluding diaryl/α,β-unsaturated/α-hetero) is 1. The Bertz CT molecular complexity index is 1150. The minimum Gasteiger partial charge on any atom is -0.507 e. The minimum atomic E-state index is -0.711. The number of benzene rings is 2. The molecule has 2 aromatic rings. The smallest absolute Gasteiger partial charge is 0.295 e. The molecule has 0 aliphatic carbocycles. The molecule has 1 heterocycles. The third kappa shape index (κ3) is 6.04. The summed E-state index contributed by atoms with van der Waals surface area (Å²) in [7, 11) is 3.91. The number of ketones is 1. The zero-order chi connectivity index (χ0) is 26.2. The Hall–Kier alpha value is -3.84. The van der Waals surface area contributed by atoms with E-state index >= 15 is 0 Å². The number of nitrogens with zero attached hydrogens (tertiary/aromatic N) is 2. The maximum absolute atomic E-state index is 13.2. The number of rotatable bonds is 12. The summed E-state index contributed by atoms with van der Waals surface area (Å²) in [5, 5.41) is 11.3. The molecule has 1 fully saturated rings. The molecular formula is C29H34N2O5. The normalized spacial score (nSPS) is 16.9. The third-order valence-corrected chi connectivity index (χ3v) is 5.91. The van der Waals surface area contributed by atoms with Crippen molar-refractivity contribution in [3.63, 3.8) is 0 Å². The van der Waals surface area contributed by atoms with Crippen molar-refractivity contribution >= 4 is 17.4 Å². The van der Waals surface area contributed by atoms with Crippen LogP contribution >= 0.6 is 0 Å². The molecule has 1 atom stereocenters. The van der Waals surface area contributed by atoms with E-state index in [1.807, 2.05) is 38.1 Å². The van der Waals surface area contributed by atoms with Crippen LogP contribution in [0, 0.1) is 6.92 Å². The fourth-order valence-electron chi connectivity index (χ4n) is 4.18. The van der Waals surface area contributed by atoms with Gasteiger partial charge >= 0.3 is 0 Å². The van der Waals surface area contributed by atoms with Crippen molar-refractivity contribution in [2.24, 2.45) is 0 Å². The standard InChI is InChI=1S/C29H34N2O5/c1-6-17-35-23-12-9-21(10-13-23)26-25(28(33)29(34)31(26)16-8-15-30(4)5)27(32)22-11-14-24(20(3)19-22)36-18-7-2/h6-7,9-14,19,26,32H,1-2,8,15-18H2,3-5H3/b27-25+. The summed E-state index contributed by atoms with van der Waals surface area (Å²) in [6.45, 7) is 11.0. The quantitative estimate of drug-likeness (QED) is 0.204. The zero-order valence-corrected chi connectivity index (χ0v) is 21.2. The van der Waals surface area contributed by atoms with Gasteiger partial charge in [-0.15, -0.1) is 0 Å². The molecule has 2 aromatic carbocycles. The van der Waals surface area contributed by atoms with Gasteiger partial charge in [0, 0.05) is 12.1 Å². The molecule has 0 spiro atoms. The van der Waals surface area contributed by atoms with Gasteiger partial charge in [-0.25, -0.2) is 0 Å². The topological polar surface area (TPSA) is 79.3 Å². The van der Waals surface area contributed by atoms with Gasteiger partial charge in [-0.05, 0) is 75.4 Å². The van der Waals surface area contributed by atoms with Crippen LogP contribution in [0.15, 0.2) is 73.3 Å². The van der Waals surface area contributed by atoms with Crippen molar-refractivity contribution in [1.82, 2.24) is 9.80 Å². The summed E-state index contributed by atoms with van der Waals surface area (Å²) in [5.41, 5.74) is 2.03. The Kier molecular flexibility index (Phi) is 9.08. The summed E-state index contributed by atoms with van der Waals surface area (Å²) in [4.78, 5) is 29.9. The van der Waals surface area contributed by atoms with Gasteiger partial charge in [0.05, 0.1) is 11.6 Å². The Morgan fingerprint density at radius 2 is 1.72 bits per heavy atom. The van der Waals surface area contributed by atoms with Crippen molar-refractivity contribution in [2.45, 2.75) is 19.4 Å².